The molecule has 0 aliphatic rings. The minimum absolute atomic E-state index is 0.0132. The van der Waals surface area contributed by atoms with Crippen molar-refractivity contribution in [2.75, 3.05) is 7.11 Å². The molecule has 21 heavy (non-hydrogen) atoms. The van der Waals surface area contributed by atoms with Crippen LogP contribution in [0.2, 0.25) is 0 Å². The first kappa shape index (κ1) is 14.8. The molecule has 0 heterocycles. The number of carbonyl (C=O) groups excluding carboxylic acids is 1. The number of ketones is 1. The van der Waals surface area contributed by atoms with E-state index in [1.54, 1.807) is 30.3 Å². The number of hydrogen-bond acceptors (Lipinski definition) is 4. The molecule has 0 aliphatic carbocycles. The SMILES string of the molecule is COc1cc(C)c(-c2ccc(C(C)=O)cc2)cc(=O)c1O. The molecule has 4 nitrogen and oxygen atoms in total. The van der Waals surface area contributed by atoms with E-state index in [1.165, 1.54) is 20.1 Å². The third-order valence-corrected chi connectivity index (χ3v) is 3.34. The Morgan fingerprint density at radius 2 is 1.76 bits per heavy atom. The van der Waals surface area contributed by atoms with Crippen LogP contribution in [-0.4, -0.2) is 18.0 Å². The van der Waals surface area contributed by atoms with Gasteiger partial charge in [0, 0.05) is 5.56 Å². The van der Waals surface area contributed by atoms with Gasteiger partial charge in [-0.2, -0.15) is 0 Å². The van der Waals surface area contributed by atoms with Crippen LogP contribution in [0, 0.1) is 6.92 Å². The number of carbonyl (C=O) groups is 1. The van der Waals surface area contributed by atoms with Gasteiger partial charge in [-0.25, -0.2) is 0 Å². The zero-order valence-electron chi connectivity index (χ0n) is 12.1. The molecule has 0 radical (unpaired) electrons. The van der Waals surface area contributed by atoms with Crippen molar-refractivity contribution in [3.63, 3.8) is 0 Å². The second-order valence-electron chi connectivity index (χ2n) is 4.80. The van der Waals surface area contributed by atoms with Gasteiger partial charge in [-0.3, -0.25) is 9.59 Å². The van der Waals surface area contributed by atoms with Crippen molar-refractivity contribution < 1.29 is 14.6 Å². The molecule has 0 amide bonds. The lowest BCUT2D eigenvalue weighted by Gasteiger charge is -2.04. The van der Waals surface area contributed by atoms with Crippen LogP contribution < -0.4 is 10.2 Å². The summed E-state index contributed by atoms with van der Waals surface area (Å²) in [6.45, 7) is 3.33. The van der Waals surface area contributed by atoms with Gasteiger partial charge in [0.1, 0.15) is 0 Å². The zero-order valence-corrected chi connectivity index (χ0v) is 12.1. The minimum atomic E-state index is -0.509. The Labute approximate surface area is 122 Å². The molecular formula is C17H16O4. The monoisotopic (exact) mass is 284 g/mol. The van der Waals surface area contributed by atoms with Gasteiger partial charge in [0.05, 0.1) is 7.11 Å². The molecule has 0 saturated heterocycles. The fourth-order valence-corrected chi connectivity index (χ4v) is 2.13. The predicted molar refractivity (Wildman–Crippen MR) is 81.1 cm³/mol. The summed E-state index contributed by atoms with van der Waals surface area (Å²) in [5.41, 5.74) is 2.38. The average molecular weight is 284 g/mol. The Morgan fingerprint density at radius 1 is 1.14 bits per heavy atom. The van der Waals surface area contributed by atoms with E-state index in [9.17, 15) is 14.7 Å². The van der Waals surface area contributed by atoms with Gasteiger partial charge in [0.2, 0.25) is 11.2 Å². The van der Waals surface area contributed by atoms with Crippen molar-refractivity contribution in [2.45, 2.75) is 13.8 Å². The summed E-state index contributed by atoms with van der Waals surface area (Å²) in [7, 11) is 1.40. The molecule has 0 unspecified atom stereocenters. The molecule has 0 saturated carbocycles. The van der Waals surface area contributed by atoms with Crippen molar-refractivity contribution in [3.05, 3.63) is 57.7 Å². The molecule has 0 aromatic heterocycles. The smallest absolute Gasteiger partial charge is 0.224 e. The number of rotatable bonds is 3. The Morgan fingerprint density at radius 3 is 2.29 bits per heavy atom. The van der Waals surface area contributed by atoms with E-state index in [1.807, 2.05) is 6.92 Å². The van der Waals surface area contributed by atoms with Crippen molar-refractivity contribution in [3.8, 4) is 22.6 Å². The number of methoxy groups -OCH3 is 1. The maximum absolute atomic E-state index is 11.9. The van der Waals surface area contributed by atoms with Crippen molar-refractivity contribution in [1.29, 1.82) is 0 Å². The van der Waals surface area contributed by atoms with Crippen molar-refractivity contribution in [1.82, 2.24) is 0 Å². The maximum Gasteiger partial charge on any atom is 0.224 e. The summed E-state index contributed by atoms with van der Waals surface area (Å²) >= 11 is 0. The number of benzene rings is 1. The molecule has 4 heteroatoms. The summed E-state index contributed by atoms with van der Waals surface area (Å²) in [6, 6.07) is 9.97. The summed E-state index contributed by atoms with van der Waals surface area (Å²) in [5, 5.41) is 9.79. The number of aromatic hydroxyl groups is 1. The summed E-state index contributed by atoms with van der Waals surface area (Å²) < 4.78 is 5.01. The van der Waals surface area contributed by atoms with Gasteiger partial charge in [0.25, 0.3) is 0 Å². The number of ether oxygens (including phenoxy) is 1. The second kappa shape index (κ2) is 5.79. The van der Waals surface area contributed by atoms with Gasteiger partial charge >= 0.3 is 0 Å². The first-order valence-corrected chi connectivity index (χ1v) is 6.47. The maximum atomic E-state index is 11.9. The summed E-state index contributed by atoms with van der Waals surface area (Å²) in [6.07, 6.45) is 0. The fraction of sp³-hybridized carbons (Fsp3) is 0.176. The third kappa shape index (κ3) is 2.94. The first-order chi connectivity index (χ1) is 9.93. The molecule has 2 rings (SSSR count). The highest BCUT2D eigenvalue weighted by molar-refractivity contribution is 5.94. The molecule has 0 spiro atoms. The van der Waals surface area contributed by atoms with Gasteiger partial charge in [-0.1, -0.05) is 24.3 Å². The van der Waals surface area contributed by atoms with Crippen molar-refractivity contribution >= 4 is 5.78 Å². The van der Waals surface area contributed by atoms with Crippen LogP contribution in [-0.2, 0) is 0 Å². The van der Waals surface area contributed by atoms with Crippen LogP contribution in [0.4, 0.5) is 0 Å². The molecule has 0 fully saturated rings. The molecular weight excluding hydrogens is 268 g/mol. The van der Waals surface area contributed by atoms with Crippen LogP contribution in [0.1, 0.15) is 22.8 Å². The Kier molecular flexibility index (Phi) is 4.08. The normalized spacial score (nSPS) is 10.2. The van der Waals surface area contributed by atoms with E-state index in [4.69, 9.17) is 4.74 Å². The molecule has 2 aromatic carbocycles. The summed E-state index contributed by atoms with van der Waals surface area (Å²) in [4.78, 5) is 23.2. The van der Waals surface area contributed by atoms with Gasteiger partial charge in [-0.15, -0.1) is 0 Å². The van der Waals surface area contributed by atoms with E-state index in [0.29, 0.717) is 11.1 Å². The quantitative estimate of drug-likeness (QED) is 0.880. The Balaban J connectivity index is 2.64. The number of Topliss-reactive ketones (excluding diaryl/α,β-unsaturated/α-hetero) is 1. The minimum Gasteiger partial charge on any atom is -0.502 e. The van der Waals surface area contributed by atoms with E-state index in [2.05, 4.69) is 0 Å². The van der Waals surface area contributed by atoms with Gasteiger partial charge < -0.3 is 9.84 Å². The molecule has 0 atom stereocenters. The van der Waals surface area contributed by atoms with Crippen molar-refractivity contribution in [2.24, 2.45) is 0 Å². The second-order valence-corrected chi connectivity index (χ2v) is 4.80. The predicted octanol–water partition coefficient (Wildman–Crippen LogP) is 2.94. The van der Waals surface area contributed by atoms with E-state index < -0.39 is 11.2 Å². The zero-order chi connectivity index (χ0) is 15.6. The largest absolute Gasteiger partial charge is 0.502 e. The molecule has 108 valence electrons. The Bertz CT molecular complexity index is 746. The first-order valence-electron chi connectivity index (χ1n) is 6.47. The molecule has 0 bridgehead atoms. The van der Waals surface area contributed by atoms with E-state index in [-0.39, 0.29) is 11.5 Å². The third-order valence-electron chi connectivity index (χ3n) is 3.34. The fourth-order valence-electron chi connectivity index (χ4n) is 2.13. The lowest BCUT2D eigenvalue weighted by atomic mass is 10.0. The lowest BCUT2D eigenvalue weighted by molar-refractivity contribution is 0.101. The van der Waals surface area contributed by atoms with Crippen LogP contribution in [0.15, 0.2) is 41.2 Å². The molecule has 2 aromatic rings. The topological polar surface area (TPSA) is 63.6 Å². The average Bonchev–Trinajstić information content (AvgIpc) is 2.58. The molecule has 0 aliphatic heterocycles. The van der Waals surface area contributed by atoms with Crippen LogP contribution in [0.5, 0.6) is 11.5 Å². The highest BCUT2D eigenvalue weighted by Crippen LogP contribution is 2.28. The molecule has 1 N–H and O–H groups in total. The standard InChI is InChI=1S/C17H16O4/c1-10-8-16(21-3)17(20)15(19)9-14(10)13-6-4-12(5-7-13)11(2)18/h4-9H,1-3H3,(H,19,20). The summed E-state index contributed by atoms with van der Waals surface area (Å²) in [5.74, 6) is -0.281. The van der Waals surface area contributed by atoms with Crippen LogP contribution in [0.25, 0.3) is 11.1 Å². The van der Waals surface area contributed by atoms with Gasteiger partial charge in [-0.05, 0) is 42.7 Å². The number of aryl methyl sites for hydroxylation is 1. The highest BCUT2D eigenvalue weighted by atomic mass is 16.5. The Hall–Kier alpha value is -2.62. The number of hydrogen-bond donors (Lipinski definition) is 1. The van der Waals surface area contributed by atoms with Crippen LogP contribution >= 0.6 is 0 Å². The highest BCUT2D eigenvalue weighted by Gasteiger charge is 2.10. The lowest BCUT2D eigenvalue weighted by Crippen LogP contribution is -1.96. The van der Waals surface area contributed by atoms with Crippen LogP contribution in [0.3, 0.4) is 0 Å². The van der Waals surface area contributed by atoms with Gasteiger partial charge in [0.15, 0.2) is 11.5 Å². The van der Waals surface area contributed by atoms with E-state index >= 15 is 0 Å². The van der Waals surface area contributed by atoms with E-state index in [0.717, 1.165) is 11.1 Å².